The third kappa shape index (κ3) is 9.34. The number of anilines is 6. The van der Waals surface area contributed by atoms with Gasteiger partial charge in [-0.2, -0.15) is 0 Å². The molecule has 0 atom stereocenters. The monoisotopic (exact) mass is 1190 g/mol. The fourth-order valence-corrected chi connectivity index (χ4v) is 16.8. The number of rotatable bonds is 13. The van der Waals surface area contributed by atoms with Gasteiger partial charge in [0.05, 0.1) is 40.9 Å². The van der Waals surface area contributed by atoms with Crippen molar-refractivity contribution in [2.45, 2.75) is 0 Å². The molecule has 0 N–H and O–H groups in total. The summed E-state index contributed by atoms with van der Waals surface area (Å²) in [6.45, 7) is 0. The van der Waals surface area contributed by atoms with E-state index in [0.717, 1.165) is 44.1 Å². The van der Waals surface area contributed by atoms with Gasteiger partial charge in [0.2, 0.25) is 0 Å². The van der Waals surface area contributed by atoms with Gasteiger partial charge in [0, 0.05) is 34.1 Å². The van der Waals surface area contributed by atoms with Crippen LogP contribution in [0.4, 0.5) is 32.8 Å². The van der Waals surface area contributed by atoms with Crippen molar-refractivity contribution in [3.63, 3.8) is 0 Å². The lowest BCUT2D eigenvalue weighted by Crippen LogP contribution is -2.08. The first-order valence-corrected chi connectivity index (χ1v) is 32.5. The molecule has 0 bridgehead atoms. The van der Waals surface area contributed by atoms with Crippen molar-refractivity contribution in [3.8, 4) is 67.0 Å². The molecule has 420 valence electrons. The molecule has 0 spiro atoms. The van der Waals surface area contributed by atoms with Crippen molar-refractivity contribution < 1.29 is 0 Å². The molecule has 0 aliphatic rings. The Labute approximate surface area is 528 Å². The van der Waals surface area contributed by atoms with Gasteiger partial charge in [-0.3, -0.25) is 0 Å². The first-order chi connectivity index (χ1) is 44.1. The Kier molecular flexibility index (Phi) is 13.1. The summed E-state index contributed by atoms with van der Waals surface area (Å²) in [4.78, 5) is 4.89. The van der Waals surface area contributed by atoms with Gasteiger partial charge in [0.15, 0.2) is 0 Å². The Morgan fingerprint density at radius 3 is 0.944 bits per heavy atom. The number of fused-ring (bicyclic) bond motifs is 8. The molecule has 5 heterocycles. The Hall–Kier alpha value is -10.8. The zero-order valence-corrected chi connectivity index (χ0v) is 50.6. The average molecular weight is 1190 g/mol. The molecule has 0 amide bonds. The van der Waals surface area contributed by atoms with E-state index in [2.05, 4.69) is 347 Å². The third-order valence-corrected chi connectivity index (χ3v) is 20.9. The van der Waals surface area contributed by atoms with Gasteiger partial charge in [-0.1, -0.05) is 243 Å². The van der Waals surface area contributed by atoms with Crippen molar-refractivity contribution in [2.24, 2.45) is 0 Å². The SMILES string of the molecule is c1ccc(-c2ccc(N(c3ccc(-c4ccccc4)cc3)c3cc4c(s3)c3sc5c6sc(N(c7ccc(-c8ccccc8)cc7)c7ccc(-c8ccccc8)cc7)cc6n(-c6ccc(-c7cccc8ccccc78)cc6)c5c3n4-c3ccccc3)cc2)cc1. The molecule has 0 saturated heterocycles. The Balaban J connectivity index is 0.885. The number of hydrogen-bond donors (Lipinski definition) is 0. The molecular weight excluding hydrogens is 1140 g/mol. The van der Waals surface area contributed by atoms with Crippen molar-refractivity contribution >= 4 is 118 Å². The van der Waals surface area contributed by atoms with Crippen LogP contribution in [-0.2, 0) is 0 Å². The van der Waals surface area contributed by atoms with E-state index in [1.165, 1.54) is 107 Å². The molecule has 89 heavy (non-hydrogen) atoms. The Morgan fingerprint density at radius 2 is 0.551 bits per heavy atom. The molecule has 17 aromatic rings. The molecule has 0 aliphatic heterocycles. The van der Waals surface area contributed by atoms with Gasteiger partial charge in [0.25, 0.3) is 0 Å². The van der Waals surface area contributed by atoms with Crippen molar-refractivity contribution in [1.29, 1.82) is 0 Å². The van der Waals surface area contributed by atoms with Crippen molar-refractivity contribution in [2.75, 3.05) is 9.80 Å². The average Bonchev–Trinajstić information content (AvgIpc) is 1.57. The number of hydrogen-bond acceptors (Lipinski definition) is 5. The lowest BCUT2D eigenvalue weighted by atomic mass is 9.98. The molecule has 0 fully saturated rings. The molecule has 5 aromatic heterocycles. The van der Waals surface area contributed by atoms with Crippen LogP contribution in [0.25, 0.3) is 119 Å². The molecule has 0 saturated carbocycles. The van der Waals surface area contributed by atoms with E-state index in [1.807, 2.05) is 34.0 Å². The summed E-state index contributed by atoms with van der Waals surface area (Å²) in [6, 6.07) is 119. The number of nitrogens with zero attached hydrogens (tertiary/aromatic N) is 4. The van der Waals surface area contributed by atoms with E-state index in [4.69, 9.17) is 0 Å². The highest BCUT2D eigenvalue weighted by Gasteiger charge is 2.30. The van der Waals surface area contributed by atoms with Crippen LogP contribution >= 0.6 is 34.0 Å². The maximum atomic E-state index is 2.56. The van der Waals surface area contributed by atoms with E-state index < -0.39 is 0 Å². The molecule has 0 aliphatic carbocycles. The maximum absolute atomic E-state index is 2.56. The van der Waals surface area contributed by atoms with E-state index >= 15 is 0 Å². The second-order valence-electron chi connectivity index (χ2n) is 22.5. The van der Waals surface area contributed by atoms with Crippen LogP contribution in [0.5, 0.6) is 0 Å². The van der Waals surface area contributed by atoms with E-state index in [0.29, 0.717) is 0 Å². The second kappa shape index (κ2) is 22.2. The van der Waals surface area contributed by atoms with Crippen LogP contribution in [0.2, 0.25) is 0 Å². The quantitative estimate of drug-likeness (QED) is 0.114. The van der Waals surface area contributed by atoms with Crippen LogP contribution in [0, 0.1) is 0 Å². The lowest BCUT2D eigenvalue weighted by molar-refractivity contribution is 1.15. The minimum absolute atomic E-state index is 1.09. The molecular formula is C82H54N4S3. The molecule has 0 unspecified atom stereocenters. The van der Waals surface area contributed by atoms with E-state index in [1.54, 1.807) is 0 Å². The highest BCUT2D eigenvalue weighted by molar-refractivity contribution is 7.35. The van der Waals surface area contributed by atoms with Crippen LogP contribution in [-0.4, -0.2) is 9.13 Å². The molecule has 7 heteroatoms. The smallest absolute Gasteiger partial charge is 0.103 e. The molecule has 0 radical (unpaired) electrons. The number of thiophene rings is 3. The van der Waals surface area contributed by atoms with Gasteiger partial charge in [-0.15, -0.1) is 34.0 Å². The zero-order chi connectivity index (χ0) is 58.8. The van der Waals surface area contributed by atoms with Crippen LogP contribution in [0.1, 0.15) is 0 Å². The number of para-hydroxylation sites is 1. The van der Waals surface area contributed by atoms with E-state index in [-0.39, 0.29) is 0 Å². The van der Waals surface area contributed by atoms with Crippen molar-refractivity contribution in [1.82, 2.24) is 9.13 Å². The number of aromatic nitrogens is 2. The summed E-state index contributed by atoms with van der Waals surface area (Å²) in [5, 5.41) is 4.76. The highest BCUT2D eigenvalue weighted by Crippen LogP contribution is 2.55. The predicted molar refractivity (Wildman–Crippen MR) is 383 cm³/mol. The minimum Gasteiger partial charge on any atom is -0.305 e. The Bertz CT molecular complexity index is 5190. The second-order valence-corrected chi connectivity index (χ2v) is 25.5. The number of benzene rings is 12. The van der Waals surface area contributed by atoms with Crippen LogP contribution in [0.15, 0.2) is 328 Å². The molecule has 17 rings (SSSR count). The first kappa shape index (κ1) is 52.5. The summed E-state index contributed by atoms with van der Waals surface area (Å²) >= 11 is 5.67. The topological polar surface area (TPSA) is 16.3 Å². The summed E-state index contributed by atoms with van der Waals surface area (Å²) in [5.74, 6) is 0. The Morgan fingerprint density at radius 1 is 0.236 bits per heavy atom. The van der Waals surface area contributed by atoms with Gasteiger partial charge >= 0.3 is 0 Å². The largest absolute Gasteiger partial charge is 0.305 e. The van der Waals surface area contributed by atoms with Crippen LogP contribution < -0.4 is 9.80 Å². The first-order valence-electron chi connectivity index (χ1n) is 30.0. The summed E-state index contributed by atoms with van der Waals surface area (Å²) in [7, 11) is 0. The van der Waals surface area contributed by atoms with Crippen LogP contribution in [0.3, 0.4) is 0 Å². The minimum atomic E-state index is 1.09. The van der Waals surface area contributed by atoms with Gasteiger partial charge in [-0.25, -0.2) is 0 Å². The molecule has 12 aromatic carbocycles. The normalized spacial score (nSPS) is 11.6. The lowest BCUT2D eigenvalue weighted by Gasteiger charge is -2.24. The van der Waals surface area contributed by atoms with Gasteiger partial charge in [-0.05, 0) is 151 Å². The summed E-state index contributed by atoms with van der Waals surface area (Å²) < 4.78 is 10.2. The zero-order valence-electron chi connectivity index (χ0n) is 48.2. The van der Waals surface area contributed by atoms with E-state index in [9.17, 15) is 0 Å². The third-order valence-electron chi connectivity index (χ3n) is 17.2. The van der Waals surface area contributed by atoms with Gasteiger partial charge < -0.3 is 18.9 Å². The predicted octanol–water partition coefficient (Wildman–Crippen LogP) is 24.5. The maximum Gasteiger partial charge on any atom is 0.103 e. The van der Waals surface area contributed by atoms with Crippen molar-refractivity contribution in [3.05, 3.63) is 328 Å². The summed E-state index contributed by atoms with van der Waals surface area (Å²) in [5.41, 5.74) is 23.3. The van der Waals surface area contributed by atoms with Gasteiger partial charge in [0.1, 0.15) is 10.0 Å². The highest BCUT2D eigenvalue weighted by atomic mass is 32.1. The summed E-state index contributed by atoms with van der Waals surface area (Å²) in [6.07, 6.45) is 0. The fourth-order valence-electron chi connectivity index (χ4n) is 12.9. The fraction of sp³-hybridized carbons (Fsp3) is 0. The standard InChI is InChI=1S/C82H54N4S3/c1-6-19-55(20-7-1)59-33-43-66(44-34-59)83(67-45-35-60(36-46-67)56-21-8-2-9-22-56)75-53-73-79(87-75)81-77(85(73)65-29-14-5-15-30-65)78-82(89-81)80-74(86(78)70-51-41-64(42-52-70)72-32-18-28-63-27-16-17-31-71(63)72)54-76(88-80)84(68-47-37-61(38-48-68)57-23-10-3-11-24-57)69-49-39-62(40-50-69)58-25-12-4-13-26-58/h1-54H. The molecule has 4 nitrogen and oxygen atoms in total.